The summed E-state index contributed by atoms with van der Waals surface area (Å²) in [4.78, 5) is 25.9. The Morgan fingerprint density at radius 1 is 1.03 bits per heavy atom. The SMILES string of the molecule is COc1cc(C2CC(=O)NC3=C2C(=O)CC(c2ccc(C(C)(C)C)cc2)C3)cc(Br)c1O. The predicted octanol–water partition coefficient (Wildman–Crippen LogP) is 5.47. The summed E-state index contributed by atoms with van der Waals surface area (Å²) in [5.41, 5.74) is 4.60. The van der Waals surface area contributed by atoms with Crippen LogP contribution in [0.25, 0.3) is 0 Å². The lowest BCUT2D eigenvalue weighted by Gasteiger charge is -2.35. The van der Waals surface area contributed by atoms with Crippen LogP contribution in [0.5, 0.6) is 11.5 Å². The molecule has 5 nitrogen and oxygen atoms in total. The van der Waals surface area contributed by atoms with Gasteiger partial charge >= 0.3 is 0 Å². The van der Waals surface area contributed by atoms with Gasteiger partial charge in [0.1, 0.15) is 0 Å². The maximum Gasteiger partial charge on any atom is 0.225 e. The number of methoxy groups -OCH3 is 1. The van der Waals surface area contributed by atoms with Crippen molar-refractivity contribution in [1.29, 1.82) is 0 Å². The van der Waals surface area contributed by atoms with Crippen molar-refractivity contribution in [3.63, 3.8) is 0 Å². The van der Waals surface area contributed by atoms with Crippen molar-refractivity contribution < 1.29 is 19.4 Å². The van der Waals surface area contributed by atoms with Crippen LogP contribution < -0.4 is 10.1 Å². The monoisotopic (exact) mass is 497 g/mol. The summed E-state index contributed by atoms with van der Waals surface area (Å²) in [6.45, 7) is 6.53. The summed E-state index contributed by atoms with van der Waals surface area (Å²) in [5.74, 6) is -0.0588. The number of nitrogens with one attached hydrogen (secondary N) is 1. The first-order valence-electron chi connectivity index (χ1n) is 10.8. The molecule has 1 aliphatic heterocycles. The van der Waals surface area contributed by atoms with Crippen molar-refractivity contribution >= 4 is 27.6 Å². The lowest BCUT2D eigenvalue weighted by molar-refractivity contribution is -0.122. The lowest BCUT2D eigenvalue weighted by Crippen LogP contribution is -2.38. The molecule has 2 aliphatic rings. The third-order valence-electron chi connectivity index (χ3n) is 6.46. The summed E-state index contributed by atoms with van der Waals surface area (Å²) in [7, 11) is 1.48. The van der Waals surface area contributed by atoms with Crippen molar-refractivity contribution in [1.82, 2.24) is 5.32 Å². The number of carbonyl (C=O) groups is 2. The fraction of sp³-hybridized carbons (Fsp3) is 0.385. The zero-order chi connectivity index (χ0) is 23.2. The van der Waals surface area contributed by atoms with E-state index in [1.165, 1.54) is 12.7 Å². The molecule has 0 bridgehead atoms. The zero-order valence-corrected chi connectivity index (χ0v) is 20.4. The van der Waals surface area contributed by atoms with E-state index in [0.717, 1.165) is 16.8 Å². The van der Waals surface area contributed by atoms with Crippen LogP contribution in [0.3, 0.4) is 0 Å². The summed E-state index contributed by atoms with van der Waals surface area (Å²) in [6.07, 6.45) is 1.22. The van der Waals surface area contributed by atoms with Crippen molar-refractivity contribution in [3.05, 3.63) is 68.8 Å². The van der Waals surface area contributed by atoms with E-state index in [1.54, 1.807) is 12.1 Å². The average molecular weight is 498 g/mol. The number of ketones is 1. The van der Waals surface area contributed by atoms with E-state index in [-0.39, 0.29) is 41.1 Å². The Hall–Kier alpha value is -2.60. The van der Waals surface area contributed by atoms with Crippen LogP contribution in [0.1, 0.15) is 68.6 Å². The number of allylic oxidation sites excluding steroid dienone is 2. The second-order valence-corrected chi connectivity index (χ2v) is 10.5. The highest BCUT2D eigenvalue weighted by atomic mass is 79.9. The van der Waals surface area contributed by atoms with Crippen molar-refractivity contribution in [2.45, 2.75) is 57.3 Å². The van der Waals surface area contributed by atoms with Crippen LogP contribution in [0, 0.1) is 0 Å². The molecular weight excluding hydrogens is 470 g/mol. The number of hydrogen-bond acceptors (Lipinski definition) is 4. The number of hydrogen-bond donors (Lipinski definition) is 2. The Morgan fingerprint density at radius 3 is 2.34 bits per heavy atom. The third-order valence-corrected chi connectivity index (χ3v) is 7.06. The molecule has 0 saturated heterocycles. The van der Waals surface area contributed by atoms with Crippen molar-refractivity contribution in [2.24, 2.45) is 0 Å². The molecule has 1 amide bonds. The topological polar surface area (TPSA) is 75.6 Å². The second kappa shape index (κ2) is 8.39. The molecule has 2 aromatic rings. The van der Waals surface area contributed by atoms with E-state index >= 15 is 0 Å². The van der Waals surface area contributed by atoms with Gasteiger partial charge in [-0.25, -0.2) is 0 Å². The van der Waals surface area contributed by atoms with Crippen LogP contribution >= 0.6 is 15.9 Å². The first-order valence-corrected chi connectivity index (χ1v) is 11.6. The largest absolute Gasteiger partial charge is 0.503 e. The Labute approximate surface area is 197 Å². The Kier molecular flexibility index (Phi) is 5.93. The van der Waals surface area contributed by atoms with Crippen molar-refractivity contribution in [2.75, 3.05) is 7.11 Å². The standard InChI is InChI=1S/C26H28BrNO4/c1-26(2,3)17-7-5-14(6-8-17)15-10-20-24(21(29)11-15)18(13-23(30)28-20)16-9-19(27)25(31)22(12-16)32-4/h5-9,12,15,18,31H,10-11,13H2,1-4H3,(H,28,30). The van der Waals surface area contributed by atoms with Crippen molar-refractivity contribution in [3.8, 4) is 11.5 Å². The normalized spacial score (nSPS) is 21.3. The van der Waals surface area contributed by atoms with Crippen LogP contribution in [0.2, 0.25) is 0 Å². The molecule has 0 radical (unpaired) electrons. The van der Waals surface area contributed by atoms with Crippen LogP contribution in [0.4, 0.5) is 0 Å². The van der Waals surface area contributed by atoms with Gasteiger partial charge in [-0.1, -0.05) is 45.0 Å². The van der Waals surface area contributed by atoms with Gasteiger partial charge < -0.3 is 15.2 Å². The molecule has 168 valence electrons. The highest BCUT2D eigenvalue weighted by molar-refractivity contribution is 9.10. The quantitative estimate of drug-likeness (QED) is 0.589. The maximum atomic E-state index is 13.3. The maximum absolute atomic E-state index is 13.3. The number of halogens is 1. The molecular formula is C26H28BrNO4. The first kappa shape index (κ1) is 22.6. The van der Waals surface area contributed by atoms with Crippen LogP contribution in [-0.4, -0.2) is 23.9 Å². The van der Waals surface area contributed by atoms with Gasteiger partial charge in [0.15, 0.2) is 17.3 Å². The van der Waals surface area contributed by atoms with E-state index in [2.05, 4.69) is 66.3 Å². The van der Waals surface area contributed by atoms with E-state index < -0.39 is 0 Å². The van der Waals surface area contributed by atoms with Gasteiger partial charge in [-0.15, -0.1) is 0 Å². The molecule has 1 heterocycles. The van der Waals surface area contributed by atoms with E-state index in [1.807, 2.05) is 0 Å². The number of rotatable bonds is 3. The summed E-state index contributed by atoms with van der Waals surface area (Å²) < 4.78 is 5.75. The number of amides is 1. The van der Waals surface area contributed by atoms with E-state index in [0.29, 0.717) is 28.6 Å². The van der Waals surface area contributed by atoms with Gasteiger partial charge in [-0.2, -0.15) is 0 Å². The molecule has 2 atom stereocenters. The van der Waals surface area contributed by atoms with Crippen LogP contribution in [0.15, 0.2) is 52.1 Å². The Bertz CT molecular complexity index is 1110. The molecule has 2 unspecified atom stereocenters. The Morgan fingerprint density at radius 2 is 1.72 bits per heavy atom. The summed E-state index contributed by atoms with van der Waals surface area (Å²) >= 11 is 3.35. The molecule has 2 N–H and O–H groups in total. The minimum Gasteiger partial charge on any atom is -0.503 e. The molecule has 0 spiro atoms. The number of aromatic hydroxyl groups is 1. The smallest absolute Gasteiger partial charge is 0.225 e. The minimum absolute atomic E-state index is 0.000507. The van der Waals surface area contributed by atoms with Gasteiger partial charge in [-0.3, -0.25) is 9.59 Å². The zero-order valence-electron chi connectivity index (χ0n) is 18.8. The van der Waals surface area contributed by atoms with Gasteiger partial charge in [-0.05, 0) is 62.5 Å². The van der Waals surface area contributed by atoms with Gasteiger partial charge in [0, 0.05) is 30.0 Å². The molecule has 1 aliphatic carbocycles. The average Bonchev–Trinajstić information content (AvgIpc) is 2.74. The number of phenolic OH excluding ortho intramolecular Hbond substituents is 1. The molecule has 4 rings (SSSR count). The number of benzene rings is 2. The summed E-state index contributed by atoms with van der Waals surface area (Å²) in [6, 6.07) is 11.9. The molecule has 0 saturated carbocycles. The Balaban J connectivity index is 1.69. The number of phenols is 1. The van der Waals surface area contributed by atoms with Gasteiger partial charge in [0.05, 0.1) is 11.6 Å². The molecule has 0 fully saturated rings. The second-order valence-electron chi connectivity index (χ2n) is 9.65. The van der Waals surface area contributed by atoms with Crippen LogP contribution in [-0.2, 0) is 15.0 Å². The van der Waals surface area contributed by atoms with Gasteiger partial charge in [0.25, 0.3) is 0 Å². The number of carbonyl (C=O) groups excluding carboxylic acids is 2. The highest BCUT2D eigenvalue weighted by Crippen LogP contribution is 2.45. The number of ether oxygens (including phenoxy) is 1. The highest BCUT2D eigenvalue weighted by Gasteiger charge is 2.38. The predicted molar refractivity (Wildman–Crippen MR) is 127 cm³/mol. The molecule has 32 heavy (non-hydrogen) atoms. The third kappa shape index (κ3) is 4.20. The number of Topliss-reactive ketones (excluding diaryl/α,β-unsaturated/α-hetero) is 1. The molecule has 0 aromatic heterocycles. The molecule has 6 heteroatoms. The lowest BCUT2D eigenvalue weighted by atomic mass is 9.73. The fourth-order valence-electron chi connectivity index (χ4n) is 4.69. The van der Waals surface area contributed by atoms with Gasteiger partial charge in [0.2, 0.25) is 5.91 Å². The summed E-state index contributed by atoms with van der Waals surface area (Å²) in [5, 5.41) is 13.1. The molecule has 2 aromatic carbocycles. The fourth-order valence-corrected chi connectivity index (χ4v) is 5.15. The van der Waals surface area contributed by atoms with E-state index in [4.69, 9.17) is 4.74 Å². The first-order chi connectivity index (χ1) is 15.1. The minimum atomic E-state index is -0.360. The van der Waals surface area contributed by atoms with E-state index in [9.17, 15) is 14.7 Å².